The average molecular weight is 309 g/mol. The molecule has 4 rings (SSSR count). The van der Waals surface area contributed by atoms with Crippen molar-refractivity contribution in [1.82, 2.24) is 19.7 Å². The molecule has 0 unspecified atom stereocenters. The van der Waals surface area contributed by atoms with E-state index in [9.17, 15) is 4.39 Å². The smallest absolute Gasteiger partial charge is 0.222 e. The Morgan fingerprint density at radius 2 is 2.00 bits per heavy atom. The molecule has 1 aromatic carbocycles. The molecule has 23 heavy (non-hydrogen) atoms. The minimum Gasteiger partial charge on any atom is -0.357 e. The minimum atomic E-state index is -0.249. The van der Waals surface area contributed by atoms with Crippen molar-refractivity contribution in [2.24, 2.45) is 0 Å². The van der Waals surface area contributed by atoms with Crippen LogP contribution in [0.3, 0.4) is 0 Å². The van der Waals surface area contributed by atoms with Gasteiger partial charge < -0.3 is 5.32 Å². The first kappa shape index (κ1) is 13.9. The zero-order valence-corrected chi connectivity index (χ0v) is 12.8. The summed E-state index contributed by atoms with van der Waals surface area (Å²) in [7, 11) is 1.79. The number of aromatic nitrogens is 4. The van der Waals surface area contributed by atoms with Gasteiger partial charge in [-0.25, -0.2) is 14.4 Å². The van der Waals surface area contributed by atoms with Crippen molar-refractivity contribution in [2.75, 3.05) is 12.4 Å². The number of fused-ring (bicyclic) bond motifs is 1. The van der Waals surface area contributed by atoms with E-state index >= 15 is 0 Å². The van der Waals surface area contributed by atoms with Crippen LogP contribution in [0.15, 0.2) is 36.5 Å². The third-order valence-electron chi connectivity index (χ3n) is 4.09. The molecule has 0 aliphatic carbocycles. The summed E-state index contributed by atoms with van der Waals surface area (Å²) in [6, 6.07) is 8.34. The Morgan fingerprint density at radius 1 is 1.17 bits per heavy atom. The van der Waals surface area contributed by atoms with E-state index < -0.39 is 0 Å². The van der Waals surface area contributed by atoms with Gasteiger partial charge in [-0.05, 0) is 43.2 Å². The molecule has 3 aromatic rings. The van der Waals surface area contributed by atoms with Gasteiger partial charge in [-0.15, -0.1) is 0 Å². The van der Waals surface area contributed by atoms with Crippen LogP contribution in [0, 0.1) is 5.82 Å². The molecule has 3 heterocycles. The molecule has 1 aliphatic rings. The van der Waals surface area contributed by atoms with Crippen LogP contribution in [0.4, 0.5) is 10.3 Å². The normalized spacial score (nSPS) is 13.1. The first-order valence-electron chi connectivity index (χ1n) is 7.63. The molecule has 116 valence electrons. The SMILES string of the molecule is CNc1nccc(-c2c(-c3ccc(F)cc3)nn3c2CCC3)n1. The number of hydrogen-bond acceptors (Lipinski definition) is 4. The van der Waals surface area contributed by atoms with Gasteiger partial charge in [0.2, 0.25) is 5.95 Å². The van der Waals surface area contributed by atoms with Crippen molar-refractivity contribution >= 4 is 5.95 Å². The summed E-state index contributed by atoms with van der Waals surface area (Å²) < 4.78 is 15.3. The monoisotopic (exact) mass is 309 g/mol. The summed E-state index contributed by atoms with van der Waals surface area (Å²) in [6.45, 7) is 0.910. The second kappa shape index (κ2) is 5.46. The number of nitrogens with one attached hydrogen (secondary N) is 1. The van der Waals surface area contributed by atoms with Crippen LogP contribution < -0.4 is 5.32 Å². The van der Waals surface area contributed by atoms with Gasteiger partial charge >= 0.3 is 0 Å². The summed E-state index contributed by atoms with van der Waals surface area (Å²) in [5.74, 6) is 0.326. The highest BCUT2D eigenvalue weighted by molar-refractivity contribution is 5.81. The minimum absolute atomic E-state index is 0.249. The molecular weight excluding hydrogens is 293 g/mol. The number of nitrogens with zero attached hydrogens (tertiary/aromatic N) is 4. The van der Waals surface area contributed by atoms with Crippen molar-refractivity contribution in [3.05, 3.63) is 48.0 Å². The Hall–Kier alpha value is -2.76. The zero-order chi connectivity index (χ0) is 15.8. The Labute approximate surface area is 133 Å². The molecule has 1 aliphatic heterocycles. The highest BCUT2D eigenvalue weighted by atomic mass is 19.1. The topological polar surface area (TPSA) is 55.6 Å². The Bertz CT molecular complexity index is 854. The van der Waals surface area contributed by atoms with Crippen LogP contribution in [0.25, 0.3) is 22.5 Å². The number of hydrogen-bond donors (Lipinski definition) is 1. The molecular formula is C17H16FN5. The molecule has 1 N–H and O–H groups in total. The molecule has 0 bridgehead atoms. The van der Waals surface area contributed by atoms with E-state index in [4.69, 9.17) is 5.10 Å². The van der Waals surface area contributed by atoms with Crippen LogP contribution >= 0.6 is 0 Å². The molecule has 2 aromatic heterocycles. The largest absolute Gasteiger partial charge is 0.357 e. The van der Waals surface area contributed by atoms with Gasteiger partial charge in [0.25, 0.3) is 0 Å². The zero-order valence-electron chi connectivity index (χ0n) is 12.8. The van der Waals surface area contributed by atoms with Gasteiger partial charge in [0.1, 0.15) is 11.5 Å². The first-order chi connectivity index (χ1) is 11.3. The maximum atomic E-state index is 13.2. The number of anilines is 1. The maximum Gasteiger partial charge on any atom is 0.222 e. The molecule has 0 atom stereocenters. The lowest BCUT2D eigenvalue weighted by atomic mass is 10.0. The molecule has 0 radical (unpaired) electrons. The van der Waals surface area contributed by atoms with Gasteiger partial charge in [-0.1, -0.05) is 0 Å². The van der Waals surface area contributed by atoms with E-state index in [-0.39, 0.29) is 5.82 Å². The summed E-state index contributed by atoms with van der Waals surface area (Å²) in [4.78, 5) is 8.74. The van der Waals surface area contributed by atoms with Crippen molar-refractivity contribution in [1.29, 1.82) is 0 Å². The molecule has 5 nitrogen and oxygen atoms in total. The van der Waals surface area contributed by atoms with Gasteiger partial charge in [0.05, 0.1) is 5.69 Å². The highest BCUT2D eigenvalue weighted by Crippen LogP contribution is 2.36. The summed E-state index contributed by atoms with van der Waals surface area (Å²) in [6.07, 6.45) is 3.80. The van der Waals surface area contributed by atoms with E-state index in [1.807, 2.05) is 10.7 Å². The number of aryl methyl sites for hydroxylation is 1. The second-order valence-corrected chi connectivity index (χ2v) is 5.52. The van der Waals surface area contributed by atoms with Crippen LogP contribution in [0.2, 0.25) is 0 Å². The fraction of sp³-hybridized carbons (Fsp3) is 0.235. The number of halogens is 1. The van der Waals surface area contributed by atoms with Crippen LogP contribution in [-0.2, 0) is 13.0 Å². The number of benzene rings is 1. The van der Waals surface area contributed by atoms with E-state index in [1.54, 1.807) is 25.4 Å². The lowest BCUT2D eigenvalue weighted by molar-refractivity contribution is 0.628. The van der Waals surface area contributed by atoms with Gasteiger partial charge in [0, 0.05) is 36.6 Å². The molecule has 0 fully saturated rings. The molecule has 0 amide bonds. The molecule has 0 saturated carbocycles. The third kappa shape index (κ3) is 2.36. The standard InChI is InChI=1S/C17H16FN5/c1-19-17-20-9-8-13(21-17)15-14-3-2-10-23(14)22-16(15)11-4-6-12(18)7-5-11/h4-9H,2-3,10H2,1H3,(H,19,20,21). The molecule has 0 spiro atoms. The van der Waals surface area contributed by atoms with E-state index in [1.165, 1.54) is 17.8 Å². The van der Waals surface area contributed by atoms with Gasteiger partial charge in [-0.2, -0.15) is 5.10 Å². The first-order valence-corrected chi connectivity index (χ1v) is 7.63. The van der Waals surface area contributed by atoms with Gasteiger partial charge in [0.15, 0.2) is 0 Å². The summed E-state index contributed by atoms with van der Waals surface area (Å²) >= 11 is 0. The van der Waals surface area contributed by atoms with E-state index in [0.717, 1.165) is 41.9 Å². The highest BCUT2D eigenvalue weighted by Gasteiger charge is 2.24. The quantitative estimate of drug-likeness (QED) is 0.807. The van der Waals surface area contributed by atoms with Gasteiger partial charge in [-0.3, -0.25) is 4.68 Å². The second-order valence-electron chi connectivity index (χ2n) is 5.52. The predicted octanol–water partition coefficient (Wildman–Crippen LogP) is 3.13. The molecule has 6 heteroatoms. The van der Waals surface area contributed by atoms with Crippen molar-refractivity contribution in [3.63, 3.8) is 0 Å². The van der Waals surface area contributed by atoms with Crippen molar-refractivity contribution in [2.45, 2.75) is 19.4 Å². The lowest BCUT2D eigenvalue weighted by Crippen LogP contribution is -1.98. The Morgan fingerprint density at radius 3 is 2.78 bits per heavy atom. The fourth-order valence-electron chi connectivity index (χ4n) is 3.03. The van der Waals surface area contributed by atoms with E-state index in [0.29, 0.717) is 5.95 Å². The fourth-order valence-corrected chi connectivity index (χ4v) is 3.03. The molecule has 0 saturated heterocycles. The average Bonchev–Trinajstić information content (AvgIpc) is 3.16. The Kier molecular flexibility index (Phi) is 3.29. The third-order valence-corrected chi connectivity index (χ3v) is 4.09. The number of rotatable bonds is 3. The summed E-state index contributed by atoms with van der Waals surface area (Å²) in [5, 5.41) is 7.70. The van der Waals surface area contributed by atoms with Crippen LogP contribution in [0.5, 0.6) is 0 Å². The lowest BCUT2D eigenvalue weighted by Gasteiger charge is -2.06. The Balaban J connectivity index is 1.92. The van der Waals surface area contributed by atoms with Crippen LogP contribution in [0.1, 0.15) is 12.1 Å². The van der Waals surface area contributed by atoms with E-state index in [2.05, 4.69) is 15.3 Å². The maximum absolute atomic E-state index is 13.2. The van der Waals surface area contributed by atoms with Crippen molar-refractivity contribution in [3.8, 4) is 22.5 Å². The predicted molar refractivity (Wildman–Crippen MR) is 86.5 cm³/mol. The summed E-state index contributed by atoms with van der Waals surface area (Å²) in [5.41, 5.74) is 4.79. The van der Waals surface area contributed by atoms with Crippen molar-refractivity contribution < 1.29 is 4.39 Å². The van der Waals surface area contributed by atoms with Crippen LogP contribution in [-0.4, -0.2) is 26.8 Å².